The second-order valence-electron chi connectivity index (χ2n) is 2.38. The smallest absolute Gasteiger partial charge is 0.326 e. The topological polar surface area (TPSA) is 66.4 Å². The van der Waals surface area contributed by atoms with Gasteiger partial charge < -0.3 is 10.4 Å². The van der Waals surface area contributed by atoms with Crippen LogP contribution in [0.2, 0.25) is 0 Å². The summed E-state index contributed by atoms with van der Waals surface area (Å²) >= 11 is 2.94. The summed E-state index contributed by atoms with van der Waals surface area (Å²) in [6.45, 7) is 1.87. The van der Waals surface area contributed by atoms with E-state index in [1.807, 2.05) is 6.92 Å². The van der Waals surface area contributed by atoms with Crippen molar-refractivity contribution < 1.29 is 14.7 Å². The van der Waals surface area contributed by atoms with Gasteiger partial charge in [0.2, 0.25) is 5.91 Å². The summed E-state index contributed by atoms with van der Waals surface area (Å²) in [5.41, 5.74) is 0. The maximum Gasteiger partial charge on any atom is 0.326 e. The van der Waals surface area contributed by atoms with Crippen molar-refractivity contribution in [3.63, 3.8) is 0 Å². The van der Waals surface area contributed by atoms with Gasteiger partial charge in [-0.1, -0.05) is 29.3 Å². The fourth-order valence-corrected chi connectivity index (χ4v) is 0.941. The monoisotopic (exact) mass is 237 g/mol. The van der Waals surface area contributed by atoms with Gasteiger partial charge in [0.15, 0.2) is 0 Å². The Morgan fingerprint density at radius 1 is 1.58 bits per heavy atom. The molecule has 1 atom stereocenters. The molecule has 0 saturated carbocycles. The molecule has 0 radical (unpaired) electrons. The second kappa shape index (κ2) is 5.99. The molecule has 0 aliphatic rings. The van der Waals surface area contributed by atoms with Crippen molar-refractivity contribution in [3.8, 4) is 0 Å². The van der Waals surface area contributed by atoms with Crippen LogP contribution in [0.3, 0.4) is 0 Å². The number of alkyl halides is 1. The van der Waals surface area contributed by atoms with Crippen molar-refractivity contribution in [2.45, 2.75) is 25.8 Å². The minimum Gasteiger partial charge on any atom is -0.480 e. The minimum atomic E-state index is -0.980. The van der Waals surface area contributed by atoms with Gasteiger partial charge in [-0.3, -0.25) is 4.79 Å². The lowest BCUT2D eigenvalue weighted by molar-refractivity contribution is -0.141. The van der Waals surface area contributed by atoms with Gasteiger partial charge in [-0.25, -0.2) is 4.79 Å². The number of carboxylic acid groups (broad SMARTS) is 1. The number of amides is 1. The van der Waals surface area contributed by atoms with Crippen LogP contribution in [0.5, 0.6) is 0 Å². The molecule has 0 saturated heterocycles. The number of aliphatic carboxylic acids is 1. The zero-order valence-corrected chi connectivity index (χ0v) is 8.43. The van der Waals surface area contributed by atoms with Gasteiger partial charge in [-0.15, -0.1) is 0 Å². The molecule has 4 nitrogen and oxygen atoms in total. The number of carbonyl (C=O) groups is 2. The summed E-state index contributed by atoms with van der Waals surface area (Å²) in [6, 6.07) is -0.750. The van der Waals surface area contributed by atoms with Crippen molar-refractivity contribution in [2.75, 3.05) is 5.33 Å². The Balaban J connectivity index is 3.95. The summed E-state index contributed by atoms with van der Waals surface area (Å²) in [7, 11) is 0. The molecule has 0 aromatic heterocycles. The molecule has 2 N–H and O–H groups in total. The maximum atomic E-state index is 10.8. The number of nitrogens with one attached hydrogen (secondary N) is 1. The van der Waals surface area contributed by atoms with Crippen LogP contribution in [-0.2, 0) is 9.59 Å². The first-order valence-electron chi connectivity index (χ1n) is 3.70. The Kier molecular flexibility index (Phi) is 5.70. The Morgan fingerprint density at radius 3 is 2.50 bits per heavy atom. The zero-order valence-electron chi connectivity index (χ0n) is 6.84. The molecule has 70 valence electrons. The molecule has 0 aromatic rings. The molecule has 0 rings (SSSR count). The van der Waals surface area contributed by atoms with Crippen LogP contribution >= 0.6 is 15.9 Å². The molecule has 1 amide bonds. The highest BCUT2D eigenvalue weighted by Crippen LogP contribution is 1.96. The van der Waals surface area contributed by atoms with E-state index in [1.54, 1.807) is 0 Å². The molecule has 0 unspecified atom stereocenters. The molecule has 5 heteroatoms. The molecule has 0 aliphatic carbocycles. The molecular weight excluding hydrogens is 226 g/mol. The predicted octanol–water partition coefficient (Wildman–Crippen LogP) is 0.751. The van der Waals surface area contributed by atoms with Crippen molar-refractivity contribution in [3.05, 3.63) is 0 Å². The van der Waals surface area contributed by atoms with Crippen LogP contribution in [0, 0.1) is 0 Å². The number of carboxylic acids is 1. The summed E-state index contributed by atoms with van der Waals surface area (Å²) in [5, 5.41) is 11.1. The molecule has 0 heterocycles. The lowest BCUT2D eigenvalue weighted by Gasteiger charge is -2.11. The predicted molar refractivity (Wildman–Crippen MR) is 48.3 cm³/mol. The van der Waals surface area contributed by atoms with Crippen LogP contribution in [0.25, 0.3) is 0 Å². The van der Waals surface area contributed by atoms with E-state index >= 15 is 0 Å². The van der Waals surface area contributed by atoms with E-state index in [0.29, 0.717) is 6.42 Å². The SMILES string of the molecule is CCC[C@@H](NC(=O)CBr)C(=O)O. The second-order valence-corrected chi connectivity index (χ2v) is 2.94. The molecule has 0 fully saturated rings. The quantitative estimate of drug-likeness (QED) is 0.694. The van der Waals surface area contributed by atoms with Gasteiger partial charge in [0.1, 0.15) is 6.04 Å². The van der Waals surface area contributed by atoms with E-state index in [1.165, 1.54) is 0 Å². The summed E-state index contributed by atoms with van der Waals surface area (Å²) < 4.78 is 0. The van der Waals surface area contributed by atoms with E-state index in [4.69, 9.17) is 5.11 Å². The van der Waals surface area contributed by atoms with E-state index in [0.717, 1.165) is 6.42 Å². The summed E-state index contributed by atoms with van der Waals surface area (Å²) in [6.07, 6.45) is 1.20. The van der Waals surface area contributed by atoms with Crippen LogP contribution < -0.4 is 5.32 Å². The van der Waals surface area contributed by atoms with Gasteiger partial charge in [0.05, 0.1) is 5.33 Å². The van der Waals surface area contributed by atoms with Crippen LogP contribution in [0.15, 0.2) is 0 Å². The number of halogens is 1. The standard InChI is InChI=1S/C7H12BrNO3/c1-2-3-5(7(11)12)9-6(10)4-8/h5H,2-4H2,1H3,(H,9,10)(H,11,12)/t5-/m1/s1. The van der Waals surface area contributed by atoms with Gasteiger partial charge in [0.25, 0.3) is 0 Å². The first-order chi connectivity index (χ1) is 5.61. The minimum absolute atomic E-state index is 0.139. The third kappa shape index (κ3) is 4.33. The largest absolute Gasteiger partial charge is 0.480 e. The van der Waals surface area contributed by atoms with Crippen molar-refractivity contribution in [1.29, 1.82) is 0 Å². The molecule has 0 spiro atoms. The van der Waals surface area contributed by atoms with Gasteiger partial charge in [-0.2, -0.15) is 0 Å². The Morgan fingerprint density at radius 2 is 2.17 bits per heavy atom. The maximum absolute atomic E-state index is 10.8. The first-order valence-corrected chi connectivity index (χ1v) is 4.82. The van der Waals surface area contributed by atoms with Crippen LogP contribution in [0.4, 0.5) is 0 Å². The van der Waals surface area contributed by atoms with Gasteiger partial charge in [-0.05, 0) is 6.42 Å². The Labute approximate surface area is 79.5 Å². The summed E-state index contributed by atoms with van der Waals surface area (Å²) in [5.74, 6) is -1.28. The van der Waals surface area contributed by atoms with E-state index in [9.17, 15) is 9.59 Å². The van der Waals surface area contributed by atoms with Crippen LogP contribution in [0.1, 0.15) is 19.8 Å². The van der Waals surface area contributed by atoms with Crippen molar-refractivity contribution in [1.82, 2.24) is 5.32 Å². The Hall–Kier alpha value is -0.580. The zero-order chi connectivity index (χ0) is 9.56. The number of carbonyl (C=O) groups excluding carboxylic acids is 1. The lowest BCUT2D eigenvalue weighted by Crippen LogP contribution is -2.41. The highest BCUT2D eigenvalue weighted by atomic mass is 79.9. The highest BCUT2D eigenvalue weighted by Gasteiger charge is 2.17. The average Bonchev–Trinajstić information content (AvgIpc) is 2.03. The fraction of sp³-hybridized carbons (Fsp3) is 0.714. The van der Waals surface area contributed by atoms with E-state index in [-0.39, 0.29) is 11.2 Å². The number of hydrogen-bond acceptors (Lipinski definition) is 2. The first kappa shape index (κ1) is 11.4. The lowest BCUT2D eigenvalue weighted by atomic mass is 10.2. The fourth-order valence-electron chi connectivity index (χ4n) is 0.779. The van der Waals surface area contributed by atoms with E-state index < -0.39 is 12.0 Å². The van der Waals surface area contributed by atoms with E-state index in [2.05, 4.69) is 21.2 Å². The van der Waals surface area contributed by atoms with Gasteiger partial charge >= 0.3 is 5.97 Å². The van der Waals surface area contributed by atoms with Crippen LogP contribution in [-0.4, -0.2) is 28.4 Å². The van der Waals surface area contributed by atoms with Gasteiger partial charge in [0, 0.05) is 0 Å². The molecule has 0 aromatic carbocycles. The molecule has 12 heavy (non-hydrogen) atoms. The third-order valence-electron chi connectivity index (χ3n) is 1.33. The van der Waals surface area contributed by atoms with Crippen molar-refractivity contribution >= 4 is 27.8 Å². The highest BCUT2D eigenvalue weighted by molar-refractivity contribution is 9.09. The average molecular weight is 238 g/mol. The molecule has 0 bridgehead atoms. The van der Waals surface area contributed by atoms with Crippen molar-refractivity contribution in [2.24, 2.45) is 0 Å². The normalized spacial score (nSPS) is 12.2. The summed E-state index contributed by atoms with van der Waals surface area (Å²) in [4.78, 5) is 21.3. The molecular formula is C7H12BrNO3. The number of hydrogen-bond donors (Lipinski definition) is 2. The number of rotatable bonds is 5. The Bertz CT molecular complexity index is 170. The molecule has 0 aliphatic heterocycles. The third-order valence-corrected chi connectivity index (χ3v) is 1.84.